The van der Waals surface area contributed by atoms with E-state index in [4.69, 9.17) is 14.2 Å². The molecule has 1 aliphatic heterocycles. The number of aryl methyl sites for hydroxylation is 1. The summed E-state index contributed by atoms with van der Waals surface area (Å²) in [6, 6.07) is 3.08. The van der Waals surface area contributed by atoms with Crippen molar-refractivity contribution in [3.8, 4) is 22.5 Å². The molecule has 3 aromatic rings. The molecular formula is C23H26F3N4O4S+. The van der Waals surface area contributed by atoms with Gasteiger partial charge in [0.25, 0.3) is 5.69 Å². The van der Waals surface area contributed by atoms with Crippen LogP contribution in [-0.4, -0.2) is 60.8 Å². The number of rotatable bonds is 5. The summed E-state index contributed by atoms with van der Waals surface area (Å²) in [5, 5.41) is 1.89. The Balaban J connectivity index is 1.80. The zero-order valence-electron chi connectivity index (χ0n) is 20.0. The Labute approximate surface area is 204 Å². The number of nitrogens with zero attached hydrogens (tertiary/aromatic N) is 4. The van der Waals surface area contributed by atoms with Crippen molar-refractivity contribution in [1.82, 2.24) is 14.9 Å². The second kappa shape index (κ2) is 9.57. The van der Waals surface area contributed by atoms with Gasteiger partial charge in [-0.25, -0.2) is 4.98 Å². The Hall–Kier alpha value is -2.99. The lowest BCUT2D eigenvalue weighted by molar-refractivity contribution is -0.676. The molecule has 1 aromatic carbocycles. The first-order chi connectivity index (χ1) is 16.5. The number of likely N-dealkylation sites (N-methyl/N-ethyl adjacent to an activating group) is 1. The number of carbonyl (C=O) groups is 1. The third kappa shape index (κ3) is 4.76. The van der Waals surface area contributed by atoms with Gasteiger partial charge in [0.2, 0.25) is 11.7 Å². The van der Waals surface area contributed by atoms with E-state index in [1.807, 2.05) is 18.9 Å². The van der Waals surface area contributed by atoms with E-state index in [2.05, 4.69) is 9.97 Å². The minimum Gasteiger partial charge on any atom is -0.496 e. The van der Waals surface area contributed by atoms with E-state index < -0.39 is 17.9 Å². The van der Waals surface area contributed by atoms with Gasteiger partial charge in [0.15, 0.2) is 0 Å². The minimum absolute atomic E-state index is 0.115. The van der Waals surface area contributed by atoms with Crippen LogP contribution in [0.3, 0.4) is 0 Å². The summed E-state index contributed by atoms with van der Waals surface area (Å²) < 4.78 is 57.9. The average molecular weight is 512 g/mol. The van der Waals surface area contributed by atoms with Crippen molar-refractivity contribution < 1.29 is 36.7 Å². The third-order valence-electron chi connectivity index (χ3n) is 6.26. The fourth-order valence-electron chi connectivity index (χ4n) is 4.26. The van der Waals surface area contributed by atoms with Crippen LogP contribution >= 0.6 is 11.3 Å². The highest BCUT2D eigenvalue weighted by atomic mass is 32.1. The standard InChI is InChI=1S/C23H26F3N4O4S/c1-12-16(32-4)7-6-14-18(12)27-19(21-30(3)17(11-35-21)23(24,25)26)28-20(14)34-13-8-9-29(2)15(10-13)22(31)33-5/h6-7,11,13,15H,8-10H2,1-5H3/q+1. The number of aromatic nitrogens is 3. The predicted molar refractivity (Wildman–Crippen MR) is 122 cm³/mol. The van der Waals surface area contributed by atoms with E-state index in [1.54, 1.807) is 12.1 Å². The van der Waals surface area contributed by atoms with Crippen LogP contribution in [0.5, 0.6) is 11.6 Å². The number of hydrogen-bond donors (Lipinski definition) is 0. The molecule has 0 saturated carbocycles. The number of piperidine rings is 1. The van der Waals surface area contributed by atoms with Gasteiger partial charge in [-0.05, 0) is 32.5 Å². The highest BCUT2D eigenvalue weighted by molar-refractivity contribution is 7.12. The maximum Gasteiger partial charge on any atom is 0.478 e. The summed E-state index contributed by atoms with van der Waals surface area (Å²) in [4.78, 5) is 23.3. The Morgan fingerprint density at radius 2 is 2.00 bits per heavy atom. The van der Waals surface area contributed by atoms with Gasteiger partial charge in [-0.15, -0.1) is 0 Å². The molecule has 1 saturated heterocycles. The summed E-state index contributed by atoms with van der Waals surface area (Å²) in [7, 11) is 6.06. The molecule has 0 aliphatic carbocycles. The van der Waals surface area contributed by atoms with Crippen molar-refractivity contribution in [1.29, 1.82) is 0 Å². The molecule has 2 aromatic heterocycles. The lowest BCUT2D eigenvalue weighted by atomic mass is 10.00. The first kappa shape index (κ1) is 25.1. The van der Waals surface area contributed by atoms with Gasteiger partial charge in [0.1, 0.15) is 24.9 Å². The molecule has 3 heterocycles. The van der Waals surface area contributed by atoms with Crippen molar-refractivity contribution in [3.63, 3.8) is 0 Å². The van der Waals surface area contributed by atoms with Crippen LogP contribution in [0.2, 0.25) is 0 Å². The molecule has 0 spiro atoms. The third-order valence-corrected chi connectivity index (χ3v) is 7.28. The van der Waals surface area contributed by atoms with Crippen molar-refractivity contribution in [2.45, 2.75) is 38.1 Å². The number of carbonyl (C=O) groups excluding carboxylic acids is 1. The number of ether oxygens (including phenoxy) is 3. The molecule has 0 amide bonds. The topological polar surface area (TPSA) is 77.7 Å². The predicted octanol–water partition coefficient (Wildman–Crippen LogP) is 3.53. The molecule has 1 aliphatic rings. The fraction of sp³-hybridized carbons (Fsp3) is 0.478. The molecule has 12 heteroatoms. The van der Waals surface area contributed by atoms with Crippen molar-refractivity contribution >= 4 is 28.2 Å². The zero-order valence-corrected chi connectivity index (χ0v) is 20.8. The van der Waals surface area contributed by atoms with Gasteiger partial charge >= 0.3 is 17.2 Å². The largest absolute Gasteiger partial charge is 0.496 e. The normalized spacial score (nSPS) is 19.1. The molecular weight excluding hydrogens is 485 g/mol. The van der Waals surface area contributed by atoms with Crippen LogP contribution in [0.1, 0.15) is 24.1 Å². The van der Waals surface area contributed by atoms with E-state index in [-0.39, 0.29) is 28.8 Å². The lowest BCUT2D eigenvalue weighted by Gasteiger charge is -2.35. The molecule has 0 bridgehead atoms. The number of fused-ring (bicyclic) bond motifs is 1. The Morgan fingerprint density at radius 1 is 1.26 bits per heavy atom. The van der Waals surface area contributed by atoms with Crippen LogP contribution in [0.25, 0.3) is 21.7 Å². The summed E-state index contributed by atoms with van der Waals surface area (Å²) in [6.07, 6.45) is -3.81. The highest BCUT2D eigenvalue weighted by Gasteiger charge is 2.43. The smallest absolute Gasteiger partial charge is 0.478 e. The van der Waals surface area contributed by atoms with Crippen LogP contribution < -0.4 is 14.0 Å². The molecule has 35 heavy (non-hydrogen) atoms. The summed E-state index contributed by atoms with van der Waals surface area (Å²) in [5.74, 6) is 0.602. The summed E-state index contributed by atoms with van der Waals surface area (Å²) in [5.41, 5.74) is 0.440. The monoisotopic (exact) mass is 511 g/mol. The van der Waals surface area contributed by atoms with Crippen molar-refractivity contribution in [3.05, 3.63) is 28.8 Å². The summed E-state index contributed by atoms with van der Waals surface area (Å²) in [6.45, 7) is 2.43. The Bertz CT molecular complexity index is 1260. The maximum absolute atomic E-state index is 13.4. The number of likely N-dealkylation sites (tertiary alicyclic amines) is 1. The number of hydrogen-bond acceptors (Lipinski definition) is 8. The lowest BCUT2D eigenvalue weighted by Crippen LogP contribution is -2.48. The zero-order chi connectivity index (χ0) is 25.5. The first-order valence-corrected chi connectivity index (χ1v) is 11.8. The van der Waals surface area contributed by atoms with Crippen LogP contribution in [0.4, 0.5) is 13.2 Å². The molecule has 8 nitrogen and oxygen atoms in total. The minimum atomic E-state index is -4.50. The Kier molecular flexibility index (Phi) is 6.87. The van der Waals surface area contributed by atoms with Crippen LogP contribution in [-0.2, 0) is 22.8 Å². The van der Waals surface area contributed by atoms with E-state index in [9.17, 15) is 18.0 Å². The maximum atomic E-state index is 13.4. The van der Waals surface area contributed by atoms with Gasteiger partial charge in [-0.3, -0.25) is 9.69 Å². The van der Waals surface area contributed by atoms with Gasteiger partial charge < -0.3 is 14.2 Å². The van der Waals surface area contributed by atoms with Gasteiger partial charge in [-0.2, -0.15) is 22.7 Å². The number of methoxy groups -OCH3 is 2. The van der Waals surface area contributed by atoms with Crippen LogP contribution in [0.15, 0.2) is 17.5 Å². The number of esters is 1. The molecule has 0 radical (unpaired) electrons. The first-order valence-electron chi connectivity index (χ1n) is 10.9. The van der Waals surface area contributed by atoms with Crippen molar-refractivity contribution in [2.24, 2.45) is 7.05 Å². The van der Waals surface area contributed by atoms with Crippen LogP contribution in [0, 0.1) is 6.92 Å². The molecule has 4 rings (SSSR count). The number of halogens is 3. The Morgan fingerprint density at radius 3 is 2.63 bits per heavy atom. The molecule has 188 valence electrons. The van der Waals surface area contributed by atoms with Gasteiger partial charge in [-0.1, -0.05) is 11.3 Å². The summed E-state index contributed by atoms with van der Waals surface area (Å²) >= 11 is 0.906. The average Bonchev–Trinajstić information content (AvgIpc) is 3.22. The van der Waals surface area contributed by atoms with Crippen molar-refractivity contribution in [2.75, 3.05) is 27.8 Å². The van der Waals surface area contributed by atoms with Gasteiger partial charge in [0, 0.05) is 18.5 Å². The van der Waals surface area contributed by atoms with Gasteiger partial charge in [0.05, 0.1) is 30.5 Å². The highest BCUT2D eigenvalue weighted by Crippen LogP contribution is 2.36. The van der Waals surface area contributed by atoms with E-state index in [0.29, 0.717) is 41.6 Å². The SMILES string of the molecule is COC(=O)C1CC(Oc2nc(-c3scc(C(F)(F)F)[n+]3C)nc3c(C)c(OC)ccc23)CCN1C. The fourth-order valence-corrected chi connectivity index (χ4v) is 5.23. The number of benzene rings is 1. The molecule has 2 unspecified atom stereocenters. The van der Waals surface area contributed by atoms with E-state index in [0.717, 1.165) is 21.3 Å². The molecule has 1 fully saturated rings. The van der Waals surface area contributed by atoms with E-state index >= 15 is 0 Å². The molecule has 0 N–H and O–H groups in total. The quantitative estimate of drug-likeness (QED) is 0.383. The second-order valence-electron chi connectivity index (χ2n) is 8.41. The molecule has 2 atom stereocenters. The number of thiazole rings is 1. The second-order valence-corrected chi connectivity index (χ2v) is 9.27. The van der Waals surface area contributed by atoms with E-state index in [1.165, 1.54) is 21.3 Å². The number of alkyl halides is 3.